The molecule has 0 aliphatic carbocycles. The zero-order valence-corrected chi connectivity index (χ0v) is 11.5. The first-order chi connectivity index (χ1) is 9.20. The molecule has 1 saturated heterocycles. The molecule has 104 valence electrons. The van der Waals surface area contributed by atoms with Gasteiger partial charge in [0.25, 0.3) is 0 Å². The van der Waals surface area contributed by atoms with Crippen LogP contribution < -0.4 is 14.8 Å². The van der Waals surface area contributed by atoms with Gasteiger partial charge >= 0.3 is 5.97 Å². The zero-order chi connectivity index (χ0) is 13.7. The number of ether oxygens (including phenoxy) is 2. The van der Waals surface area contributed by atoms with Gasteiger partial charge < -0.3 is 14.6 Å². The van der Waals surface area contributed by atoms with E-state index in [4.69, 9.17) is 14.6 Å². The summed E-state index contributed by atoms with van der Waals surface area (Å²) in [4.78, 5) is 10.8. The minimum absolute atomic E-state index is 0.135. The molecule has 1 heterocycles. The Balaban J connectivity index is 1.77. The minimum Gasteiger partial charge on any atom is -0.493 e. The van der Waals surface area contributed by atoms with Crippen molar-refractivity contribution in [3.63, 3.8) is 0 Å². The molecule has 2 unspecified atom stereocenters. The Morgan fingerprint density at radius 2 is 2.21 bits per heavy atom. The number of para-hydroxylation sites is 2. The van der Waals surface area contributed by atoms with Crippen LogP contribution in [0.5, 0.6) is 11.5 Å². The van der Waals surface area contributed by atoms with Crippen molar-refractivity contribution in [1.29, 1.82) is 0 Å². The Morgan fingerprint density at radius 3 is 2.84 bits per heavy atom. The van der Waals surface area contributed by atoms with Gasteiger partial charge in [0.05, 0.1) is 19.1 Å². The molecule has 0 bridgehead atoms. The largest absolute Gasteiger partial charge is 0.493 e. The molecule has 1 aliphatic heterocycles. The SMILES string of the molecule is COc1ccccc1OCCC1NC(C(=O)O)CS1. The number of hydrogen-bond acceptors (Lipinski definition) is 5. The first kappa shape index (κ1) is 14.0. The highest BCUT2D eigenvalue weighted by atomic mass is 32.2. The molecule has 0 spiro atoms. The summed E-state index contributed by atoms with van der Waals surface area (Å²) >= 11 is 1.62. The number of hydrogen-bond donors (Lipinski definition) is 2. The molecule has 5 nitrogen and oxygen atoms in total. The number of methoxy groups -OCH3 is 1. The van der Waals surface area contributed by atoms with Crippen LogP contribution in [0.2, 0.25) is 0 Å². The number of carboxylic acids is 1. The molecular formula is C13H17NO4S. The first-order valence-electron chi connectivity index (χ1n) is 6.07. The number of carbonyl (C=O) groups is 1. The van der Waals surface area contributed by atoms with Gasteiger partial charge in [0.2, 0.25) is 0 Å². The van der Waals surface area contributed by atoms with Crippen LogP contribution in [0, 0.1) is 0 Å². The lowest BCUT2D eigenvalue weighted by Gasteiger charge is -2.13. The van der Waals surface area contributed by atoms with Crippen LogP contribution in [0.3, 0.4) is 0 Å². The van der Waals surface area contributed by atoms with Crippen molar-refractivity contribution in [1.82, 2.24) is 5.32 Å². The maximum absolute atomic E-state index is 10.8. The zero-order valence-electron chi connectivity index (χ0n) is 10.7. The summed E-state index contributed by atoms with van der Waals surface area (Å²) in [7, 11) is 1.61. The quantitative estimate of drug-likeness (QED) is 0.826. The molecule has 2 N–H and O–H groups in total. The molecule has 0 amide bonds. The summed E-state index contributed by atoms with van der Waals surface area (Å²) < 4.78 is 10.9. The third kappa shape index (κ3) is 3.78. The number of thioether (sulfide) groups is 1. The molecule has 19 heavy (non-hydrogen) atoms. The third-order valence-electron chi connectivity index (χ3n) is 2.86. The van der Waals surface area contributed by atoms with Crippen molar-refractivity contribution >= 4 is 17.7 Å². The van der Waals surface area contributed by atoms with Gasteiger partial charge in [-0.3, -0.25) is 10.1 Å². The molecule has 1 fully saturated rings. The molecular weight excluding hydrogens is 266 g/mol. The van der Waals surface area contributed by atoms with Crippen LogP contribution in [-0.4, -0.2) is 42.0 Å². The summed E-state index contributed by atoms with van der Waals surface area (Å²) in [5, 5.41) is 12.1. The van der Waals surface area contributed by atoms with Crippen LogP contribution in [0.1, 0.15) is 6.42 Å². The van der Waals surface area contributed by atoms with E-state index in [1.165, 1.54) is 0 Å². The Morgan fingerprint density at radius 1 is 1.47 bits per heavy atom. The van der Waals surface area contributed by atoms with E-state index in [2.05, 4.69) is 5.32 Å². The molecule has 0 aromatic heterocycles. The summed E-state index contributed by atoms with van der Waals surface area (Å²) in [6, 6.07) is 7.03. The molecule has 0 radical (unpaired) electrons. The fourth-order valence-corrected chi connectivity index (χ4v) is 3.04. The van der Waals surface area contributed by atoms with Gasteiger partial charge in [-0.05, 0) is 12.1 Å². The van der Waals surface area contributed by atoms with E-state index in [1.807, 2.05) is 24.3 Å². The lowest BCUT2D eigenvalue weighted by molar-refractivity contribution is -0.138. The van der Waals surface area contributed by atoms with Gasteiger partial charge in [-0.1, -0.05) is 12.1 Å². The fourth-order valence-electron chi connectivity index (χ4n) is 1.86. The minimum atomic E-state index is -0.791. The van der Waals surface area contributed by atoms with E-state index in [0.29, 0.717) is 23.9 Å². The maximum atomic E-state index is 10.8. The van der Waals surface area contributed by atoms with E-state index in [-0.39, 0.29) is 5.37 Å². The number of nitrogens with one attached hydrogen (secondary N) is 1. The van der Waals surface area contributed by atoms with Crippen molar-refractivity contribution in [2.24, 2.45) is 0 Å². The Labute approximate surface area is 116 Å². The van der Waals surface area contributed by atoms with E-state index < -0.39 is 12.0 Å². The van der Waals surface area contributed by atoms with Gasteiger partial charge in [0.15, 0.2) is 11.5 Å². The molecule has 2 rings (SSSR count). The Bertz CT molecular complexity index is 440. The Kier molecular flexibility index (Phi) is 4.93. The summed E-state index contributed by atoms with van der Waals surface area (Å²) in [6.45, 7) is 0.525. The number of rotatable bonds is 6. The monoisotopic (exact) mass is 283 g/mol. The second-order valence-corrected chi connectivity index (χ2v) is 5.40. The van der Waals surface area contributed by atoms with Gasteiger partial charge in [-0.2, -0.15) is 0 Å². The topological polar surface area (TPSA) is 67.8 Å². The van der Waals surface area contributed by atoms with Crippen LogP contribution in [0.15, 0.2) is 24.3 Å². The van der Waals surface area contributed by atoms with Crippen LogP contribution in [-0.2, 0) is 4.79 Å². The lowest BCUT2D eigenvalue weighted by atomic mass is 10.3. The maximum Gasteiger partial charge on any atom is 0.321 e. The van der Waals surface area contributed by atoms with E-state index >= 15 is 0 Å². The standard InChI is InChI=1S/C13H17NO4S/c1-17-10-4-2-3-5-11(10)18-7-6-12-14-9(8-19-12)13(15)16/h2-5,9,12,14H,6-8H2,1H3,(H,15,16). The number of benzene rings is 1. The van der Waals surface area contributed by atoms with Crippen LogP contribution >= 0.6 is 11.8 Å². The van der Waals surface area contributed by atoms with Crippen LogP contribution in [0.25, 0.3) is 0 Å². The second-order valence-electron chi connectivity index (χ2n) is 4.17. The second kappa shape index (κ2) is 6.68. The van der Waals surface area contributed by atoms with E-state index in [0.717, 1.165) is 6.42 Å². The Hall–Kier alpha value is -1.40. The van der Waals surface area contributed by atoms with E-state index in [9.17, 15) is 4.79 Å². The molecule has 0 saturated carbocycles. The van der Waals surface area contributed by atoms with Crippen molar-refractivity contribution in [3.8, 4) is 11.5 Å². The first-order valence-corrected chi connectivity index (χ1v) is 7.12. The highest BCUT2D eigenvalue weighted by Gasteiger charge is 2.29. The van der Waals surface area contributed by atoms with Gasteiger partial charge in [-0.25, -0.2) is 0 Å². The molecule has 1 aromatic carbocycles. The molecule has 2 atom stereocenters. The van der Waals surface area contributed by atoms with Crippen molar-refractivity contribution in [3.05, 3.63) is 24.3 Å². The average molecular weight is 283 g/mol. The smallest absolute Gasteiger partial charge is 0.321 e. The van der Waals surface area contributed by atoms with Crippen molar-refractivity contribution < 1.29 is 19.4 Å². The van der Waals surface area contributed by atoms with Crippen LogP contribution in [0.4, 0.5) is 0 Å². The molecule has 1 aromatic rings. The molecule has 6 heteroatoms. The number of aliphatic carboxylic acids is 1. The average Bonchev–Trinajstić information content (AvgIpc) is 2.88. The summed E-state index contributed by atoms with van der Waals surface area (Å²) in [5.41, 5.74) is 0. The summed E-state index contributed by atoms with van der Waals surface area (Å²) in [5.74, 6) is 1.23. The van der Waals surface area contributed by atoms with Gasteiger partial charge in [-0.15, -0.1) is 11.8 Å². The lowest BCUT2D eigenvalue weighted by Crippen LogP contribution is -2.37. The van der Waals surface area contributed by atoms with Gasteiger partial charge in [0, 0.05) is 12.2 Å². The number of carboxylic acid groups (broad SMARTS) is 1. The highest BCUT2D eigenvalue weighted by Crippen LogP contribution is 2.27. The van der Waals surface area contributed by atoms with E-state index in [1.54, 1.807) is 18.9 Å². The summed E-state index contributed by atoms with van der Waals surface area (Å²) in [6.07, 6.45) is 0.756. The fraction of sp³-hybridized carbons (Fsp3) is 0.462. The molecule has 1 aliphatic rings. The normalized spacial score (nSPS) is 22.2. The van der Waals surface area contributed by atoms with Crippen molar-refractivity contribution in [2.75, 3.05) is 19.5 Å². The third-order valence-corrected chi connectivity index (χ3v) is 4.16. The van der Waals surface area contributed by atoms with Crippen molar-refractivity contribution in [2.45, 2.75) is 17.8 Å². The predicted molar refractivity (Wildman–Crippen MR) is 73.9 cm³/mol. The predicted octanol–water partition coefficient (Wildman–Crippen LogP) is 1.58. The highest BCUT2D eigenvalue weighted by molar-refractivity contribution is 8.00. The van der Waals surface area contributed by atoms with Gasteiger partial charge in [0.1, 0.15) is 6.04 Å².